The highest BCUT2D eigenvalue weighted by Gasteiger charge is 2.56. The number of benzene rings is 1. The summed E-state index contributed by atoms with van der Waals surface area (Å²) in [5.41, 5.74) is 0.864. The second-order valence-electron chi connectivity index (χ2n) is 11.5. The van der Waals surface area contributed by atoms with E-state index in [1.807, 2.05) is 12.1 Å². The molecule has 0 aromatic heterocycles. The van der Waals surface area contributed by atoms with Crippen molar-refractivity contribution < 1.29 is 4.74 Å². The Labute approximate surface area is 202 Å². The number of hydrogen-bond donors (Lipinski definition) is 0. The lowest BCUT2D eigenvalue weighted by molar-refractivity contribution is -0.000248. The third-order valence-corrected chi connectivity index (χ3v) is 9.80. The van der Waals surface area contributed by atoms with E-state index >= 15 is 0 Å². The Kier molecular flexibility index (Phi) is 5.22. The number of nitrogens with zero attached hydrogens (tertiary/aromatic N) is 3. The summed E-state index contributed by atoms with van der Waals surface area (Å²) in [6, 6.07) is 8.27. The number of ether oxygens (including phenoxy) is 1. The van der Waals surface area contributed by atoms with E-state index in [2.05, 4.69) is 35.8 Å². The van der Waals surface area contributed by atoms with Gasteiger partial charge >= 0.3 is 0 Å². The predicted molar refractivity (Wildman–Crippen MR) is 135 cm³/mol. The summed E-state index contributed by atoms with van der Waals surface area (Å²) in [7, 11) is 0. The second kappa shape index (κ2) is 7.76. The van der Waals surface area contributed by atoms with Crippen molar-refractivity contribution in [2.24, 2.45) is 28.2 Å². The number of hydrogen-bond acceptors (Lipinski definition) is 4. The largest absolute Gasteiger partial charge is 0.379 e. The number of halogens is 1. The number of anilines is 1. The molecule has 2 aliphatic heterocycles. The van der Waals surface area contributed by atoms with Gasteiger partial charge in [0.05, 0.1) is 40.5 Å². The number of rotatable bonds is 3. The Balaban J connectivity index is 1.49. The summed E-state index contributed by atoms with van der Waals surface area (Å²) in [5, 5.41) is 0.742. The standard InChI is InChI=1S/C26H34ClN3OS/c1-25(2)22(29-7-9-31-10-8-29)23(30(24(25)32)21-6-4-3-5-20(21)27)28-26-14-17-11-18(15-26)13-19(12-17)16-26/h3-6,17-19,22H,7-16H2,1-2H3/t17?,18?,19?,22-,26?/m0/s1. The minimum Gasteiger partial charge on any atom is -0.379 e. The quantitative estimate of drug-likeness (QED) is 0.538. The SMILES string of the molecule is CC1(C)C(=S)N(c2ccccc2Cl)C(=NC23CC4CC(CC(C4)C2)C3)[C@@H]1N1CCOCC1. The molecule has 2 heterocycles. The third kappa shape index (κ3) is 3.38. The Hall–Kier alpha value is -1.01. The zero-order chi connectivity index (χ0) is 22.1. The first-order valence-electron chi connectivity index (χ1n) is 12.4. The predicted octanol–water partition coefficient (Wildman–Crippen LogP) is 5.58. The van der Waals surface area contributed by atoms with Crippen molar-refractivity contribution >= 4 is 40.3 Å². The van der Waals surface area contributed by atoms with Gasteiger partial charge in [0.2, 0.25) is 0 Å². The van der Waals surface area contributed by atoms with Crippen LogP contribution in [0.25, 0.3) is 0 Å². The molecule has 0 unspecified atom stereocenters. The fourth-order valence-corrected chi connectivity index (χ4v) is 8.36. The first-order valence-corrected chi connectivity index (χ1v) is 13.2. The van der Waals surface area contributed by atoms with Crippen molar-refractivity contribution in [3.8, 4) is 0 Å². The first kappa shape index (κ1) is 21.5. The molecule has 172 valence electrons. The second-order valence-corrected chi connectivity index (χ2v) is 12.3. The fourth-order valence-electron chi connectivity index (χ4n) is 7.83. The van der Waals surface area contributed by atoms with Gasteiger partial charge in [0, 0.05) is 18.5 Å². The van der Waals surface area contributed by atoms with Crippen LogP contribution < -0.4 is 4.90 Å². The molecule has 0 spiro atoms. The molecule has 6 aliphatic rings. The summed E-state index contributed by atoms with van der Waals surface area (Å²) < 4.78 is 5.71. The lowest BCUT2D eigenvalue weighted by Crippen LogP contribution is -2.54. The molecule has 1 aromatic rings. The van der Waals surface area contributed by atoms with Crippen LogP contribution in [0.15, 0.2) is 29.3 Å². The van der Waals surface area contributed by atoms with Gasteiger partial charge in [-0.2, -0.15) is 0 Å². The molecule has 4 saturated carbocycles. The van der Waals surface area contributed by atoms with Crippen LogP contribution in [-0.4, -0.2) is 53.6 Å². The maximum Gasteiger partial charge on any atom is 0.128 e. The highest BCUT2D eigenvalue weighted by Crippen LogP contribution is 2.58. The van der Waals surface area contributed by atoms with Crippen LogP contribution in [0.2, 0.25) is 5.02 Å². The zero-order valence-corrected chi connectivity index (χ0v) is 20.8. The van der Waals surface area contributed by atoms with Gasteiger partial charge in [-0.25, -0.2) is 0 Å². The van der Waals surface area contributed by atoms with Crippen molar-refractivity contribution in [3.63, 3.8) is 0 Å². The Morgan fingerprint density at radius 1 is 1.00 bits per heavy atom. The summed E-state index contributed by atoms with van der Waals surface area (Å²) in [4.78, 5) is 11.5. The molecule has 1 aromatic carbocycles. The van der Waals surface area contributed by atoms with E-state index < -0.39 is 0 Å². The molecule has 4 aliphatic carbocycles. The molecule has 4 nitrogen and oxygen atoms in total. The number of morpholine rings is 1. The van der Waals surface area contributed by atoms with Gasteiger partial charge in [-0.3, -0.25) is 14.8 Å². The van der Waals surface area contributed by atoms with Gasteiger partial charge in [-0.1, -0.05) is 49.8 Å². The molecule has 6 fully saturated rings. The van der Waals surface area contributed by atoms with Crippen LogP contribution in [0.4, 0.5) is 5.69 Å². The van der Waals surface area contributed by atoms with Crippen LogP contribution in [0.5, 0.6) is 0 Å². The number of aliphatic imine (C=N–C) groups is 1. The lowest BCUT2D eigenvalue weighted by atomic mass is 9.53. The fraction of sp³-hybridized carbons (Fsp3) is 0.692. The van der Waals surface area contributed by atoms with E-state index in [9.17, 15) is 0 Å². The number of para-hydroxylation sites is 1. The van der Waals surface area contributed by atoms with Crippen LogP contribution in [0.1, 0.15) is 52.4 Å². The van der Waals surface area contributed by atoms with Crippen LogP contribution in [-0.2, 0) is 4.74 Å². The van der Waals surface area contributed by atoms with Gasteiger partial charge in [0.1, 0.15) is 5.84 Å². The van der Waals surface area contributed by atoms with Gasteiger partial charge in [0.25, 0.3) is 0 Å². The third-order valence-electron chi connectivity index (χ3n) is 8.77. The van der Waals surface area contributed by atoms with E-state index in [1.165, 1.54) is 38.5 Å². The van der Waals surface area contributed by atoms with Crippen molar-refractivity contribution in [3.05, 3.63) is 29.3 Å². The van der Waals surface area contributed by atoms with Crippen molar-refractivity contribution in [2.75, 3.05) is 31.2 Å². The normalized spacial score (nSPS) is 39.9. The van der Waals surface area contributed by atoms with E-state index in [0.29, 0.717) is 0 Å². The highest BCUT2D eigenvalue weighted by molar-refractivity contribution is 7.80. The summed E-state index contributed by atoms with van der Waals surface area (Å²) in [5.74, 6) is 3.73. The van der Waals surface area contributed by atoms with Crippen LogP contribution in [0, 0.1) is 23.2 Å². The molecule has 2 saturated heterocycles. The van der Waals surface area contributed by atoms with Crippen molar-refractivity contribution in [2.45, 2.75) is 64.0 Å². The molecule has 0 N–H and O–H groups in total. The Morgan fingerprint density at radius 2 is 1.59 bits per heavy atom. The van der Waals surface area contributed by atoms with Gasteiger partial charge < -0.3 is 4.74 Å². The Bertz CT molecular complexity index is 919. The van der Waals surface area contributed by atoms with Gasteiger partial charge in [0.15, 0.2) is 0 Å². The van der Waals surface area contributed by atoms with E-state index in [0.717, 1.165) is 65.6 Å². The average molecular weight is 472 g/mol. The molecule has 7 rings (SSSR count). The Morgan fingerprint density at radius 3 is 2.19 bits per heavy atom. The molecular weight excluding hydrogens is 438 g/mol. The molecule has 0 radical (unpaired) electrons. The molecule has 6 heteroatoms. The topological polar surface area (TPSA) is 28.1 Å². The number of thiocarbonyl (C=S) groups is 1. The monoisotopic (exact) mass is 471 g/mol. The average Bonchev–Trinajstić information content (AvgIpc) is 2.93. The van der Waals surface area contributed by atoms with Crippen LogP contribution >= 0.6 is 23.8 Å². The minimum absolute atomic E-state index is 0.0875. The zero-order valence-electron chi connectivity index (χ0n) is 19.2. The molecule has 1 atom stereocenters. The molecule has 0 amide bonds. The van der Waals surface area contributed by atoms with Gasteiger partial charge in [-0.05, 0) is 68.4 Å². The molecular formula is C26H34ClN3OS. The number of amidine groups is 1. The van der Waals surface area contributed by atoms with E-state index in [4.69, 9.17) is 33.5 Å². The van der Waals surface area contributed by atoms with Crippen molar-refractivity contribution in [1.82, 2.24) is 4.90 Å². The summed E-state index contributed by atoms with van der Waals surface area (Å²) in [6.45, 7) is 7.98. The smallest absolute Gasteiger partial charge is 0.128 e. The first-order chi connectivity index (χ1) is 15.4. The molecule has 4 bridgehead atoms. The lowest BCUT2D eigenvalue weighted by Gasteiger charge is -2.55. The highest BCUT2D eigenvalue weighted by atomic mass is 35.5. The maximum atomic E-state index is 6.75. The minimum atomic E-state index is -0.201. The maximum absolute atomic E-state index is 6.75. The van der Waals surface area contributed by atoms with E-state index in [1.54, 1.807) is 0 Å². The summed E-state index contributed by atoms with van der Waals surface area (Å²) >= 11 is 12.9. The summed E-state index contributed by atoms with van der Waals surface area (Å²) in [6.07, 6.45) is 8.03. The molecule has 32 heavy (non-hydrogen) atoms. The van der Waals surface area contributed by atoms with Gasteiger partial charge in [-0.15, -0.1) is 0 Å². The van der Waals surface area contributed by atoms with E-state index in [-0.39, 0.29) is 17.0 Å². The van der Waals surface area contributed by atoms with Crippen LogP contribution in [0.3, 0.4) is 0 Å². The van der Waals surface area contributed by atoms with Crippen molar-refractivity contribution in [1.29, 1.82) is 0 Å².